The molecule has 15 heavy (non-hydrogen) atoms. The van der Waals surface area contributed by atoms with Gasteiger partial charge in [0.15, 0.2) is 0 Å². The third-order valence-electron chi connectivity index (χ3n) is 2.57. The van der Waals surface area contributed by atoms with Crippen LogP contribution < -0.4 is 5.43 Å². The number of carbonyl (C=O) groups excluding carboxylic acids is 1. The van der Waals surface area contributed by atoms with Crippen molar-refractivity contribution >= 4 is 23.0 Å². The second kappa shape index (κ2) is 2.95. The molecule has 0 saturated carbocycles. The molecule has 0 aliphatic carbocycles. The molecule has 0 unspecified atom stereocenters. The van der Waals surface area contributed by atoms with Crippen molar-refractivity contribution in [1.29, 1.82) is 0 Å². The van der Waals surface area contributed by atoms with Crippen LogP contribution in [-0.2, 0) is 11.2 Å². The number of aromatic nitrogens is 1. The standard InChI is InChI=1S/C11H9N3O/c15-11-5-8-7-3-1-2-4-9(7)13-10(8)6-12-14-11/h1-4,6,13H,5H2,(H,14,15). The number of hydrogen-bond donors (Lipinski definition) is 2. The number of rotatable bonds is 0. The number of para-hydroxylation sites is 1. The Balaban J connectivity index is 2.32. The van der Waals surface area contributed by atoms with E-state index in [1.807, 2.05) is 24.3 Å². The molecule has 1 amide bonds. The average molecular weight is 199 g/mol. The van der Waals surface area contributed by atoms with Crippen LogP contribution in [0.4, 0.5) is 0 Å². The number of nitrogens with one attached hydrogen (secondary N) is 2. The Morgan fingerprint density at radius 2 is 2.13 bits per heavy atom. The second-order valence-electron chi connectivity index (χ2n) is 3.53. The number of H-pyrrole nitrogens is 1. The van der Waals surface area contributed by atoms with Crippen LogP contribution in [0.15, 0.2) is 29.4 Å². The first-order chi connectivity index (χ1) is 7.34. The summed E-state index contributed by atoms with van der Waals surface area (Å²) in [5, 5.41) is 4.93. The fraction of sp³-hybridized carbons (Fsp3) is 0.0909. The number of hydrogen-bond acceptors (Lipinski definition) is 2. The molecule has 4 heteroatoms. The molecule has 2 aromatic rings. The van der Waals surface area contributed by atoms with Crippen molar-refractivity contribution in [2.45, 2.75) is 6.42 Å². The SMILES string of the molecule is O=C1Cc2c([nH]c3ccccc23)C=NN1. The molecule has 0 saturated heterocycles. The quantitative estimate of drug-likeness (QED) is 0.657. The fourth-order valence-corrected chi connectivity index (χ4v) is 1.89. The summed E-state index contributed by atoms with van der Waals surface area (Å²) in [7, 11) is 0. The van der Waals surface area contributed by atoms with E-state index in [2.05, 4.69) is 15.5 Å². The molecule has 3 rings (SSSR count). The highest BCUT2D eigenvalue weighted by atomic mass is 16.2. The fourth-order valence-electron chi connectivity index (χ4n) is 1.89. The monoisotopic (exact) mass is 199 g/mol. The van der Waals surface area contributed by atoms with Gasteiger partial charge < -0.3 is 4.98 Å². The molecule has 2 heterocycles. The van der Waals surface area contributed by atoms with E-state index in [-0.39, 0.29) is 5.91 Å². The van der Waals surface area contributed by atoms with Crippen molar-refractivity contribution < 1.29 is 4.79 Å². The van der Waals surface area contributed by atoms with Crippen LogP contribution in [0.1, 0.15) is 11.3 Å². The maximum Gasteiger partial charge on any atom is 0.244 e. The van der Waals surface area contributed by atoms with Crippen LogP contribution in [-0.4, -0.2) is 17.1 Å². The normalized spacial score (nSPS) is 14.8. The van der Waals surface area contributed by atoms with Crippen molar-refractivity contribution in [2.75, 3.05) is 0 Å². The van der Waals surface area contributed by atoms with Gasteiger partial charge in [-0.15, -0.1) is 0 Å². The van der Waals surface area contributed by atoms with E-state index in [0.29, 0.717) is 6.42 Å². The van der Waals surface area contributed by atoms with E-state index >= 15 is 0 Å². The number of fused-ring (bicyclic) bond motifs is 3. The molecule has 0 bridgehead atoms. The molecule has 1 aliphatic heterocycles. The lowest BCUT2D eigenvalue weighted by atomic mass is 10.1. The molecule has 0 atom stereocenters. The molecule has 0 spiro atoms. The van der Waals surface area contributed by atoms with Crippen molar-refractivity contribution in [3.8, 4) is 0 Å². The highest BCUT2D eigenvalue weighted by Gasteiger charge is 2.15. The van der Waals surface area contributed by atoms with Crippen LogP contribution >= 0.6 is 0 Å². The molecule has 4 nitrogen and oxygen atoms in total. The van der Waals surface area contributed by atoms with Gasteiger partial charge in [0.25, 0.3) is 0 Å². The molecule has 0 radical (unpaired) electrons. The minimum Gasteiger partial charge on any atom is -0.353 e. The minimum atomic E-state index is -0.0743. The van der Waals surface area contributed by atoms with E-state index in [0.717, 1.165) is 22.2 Å². The Kier molecular flexibility index (Phi) is 1.62. The van der Waals surface area contributed by atoms with E-state index < -0.39 is 0 Å². The predicted molar refractivity (Wildman–Crippen MR) is 57.7 cm³/mol. The van der Waals surface area contributed by atoms with Gasteiger partial charge in [-0.05, 0) is 11.6 Å². The van der Waals surface area contributed by atoms with E-state index in [9.17, 15) is 4.79 Å². The van der Waals surface area contributed by atoms with Gasteiger partial charge >= 0.3 is 0 Å². The zero-order chi connectivity index (χ0) is 10.3. The van der Waals surface area contributed by atoms with Crippen LogP contribution in [0, 0.1) is 0 Å². The Morgan fingerprint density at radius 3 is 3.07 bits per heavy atom. The molecule has 1 aromatic heterocycles. The van der Waals surface area contributed by atoms with Crippen molar-refractivity contribution in [3.63, 3.8) is 0 Å². The number of aromatic amines is 1. The lowest BCUT2D eigenvalue weighted by Gasteiger charge is -1.96. The summed E-state index contributed by atoms with van der Waals surface area (Å²) in [4.78, 5) is 14.6. The van der Waals surface area contributed by atoms with Gasteiger partial charge in [0.1, 0.15) is 0 Å². The molecular weight excluding hydrogens is 190 g/mol. The Hall–Kier alpha value is -2.10. The summed E-state index contributed by atoms with van der Waals surface area (Å²) in [5.74, 6) is -0.0743. The smallest absolute Gasteiger partial charge is 0.244 e. The van der Waals surface area contributed by atoms with Gasteiger partial charge in [-0.3, -0.25) is 4.79 Å². The van der Waals surface area contributed by atoms with Gasteiger partial charge in [-0.1, -0.05) is 18.2 Å². The molecule has 1 aromatic carbocycles. The zero-order valence-electron chi connectivity index (χ0n) is 7.95. The van der Waals surface area contributed by atoms with Gasteiger partial charge in [0.2, 0.25) is 5.91 Å². The van der Waals surface area contributed by atoms with Gasteiger partial charge in [0, 0.05) is 10.9 Å². The summed E-state index contributed by atoms with van der Waals surface area (Å²) in [6, 6.07) is 7.94. The third kappa shape index (κ3) is 1.22. The van der Waals surface area contributed by atoms with E-state index in [1.165, 1.54) is 0 Å². The molecule has 74 valence electrons. The first kappa shape index (κ1) is 8.23. The van der Waals surface area contributed by atoms with Crippen LogP contribution in [0.2, 0.25) is 0 Å². The summed E-state index contributed by atoms with van der Waals surface area (Å²) in [5.41, 5.74) is 5.43. The van der Waals surface area contributed by atoms with E-state index in [4.69, 9.17) is 0 Å². The van der Waals surface area contributed by atoms with E-state index in [1.54, 1.807) is 6.21 Å². The summed E-state index contributed by atoms with van der Waals surface area (Å²) in [6.07, 6.45) is 2.03. The molecule has 0 fully saturated rings. The lowest BCUT2D eigenvalue weighted by Crippen LogP contribution is -2.17. The largest absolute Gasteiger partial charge is 0.353 e. The van der Waals surface area contributed by atoms with Crippen molar-refractivity contribution in [3.05, 3.63) is 35.5 Å². The topological polar surface area (TPSA) is 57.2 Å². The average Bonchev–Trinajstić information content (AvgIpc) is 2.47. The first-order valence-corrected chi connectivity index (χ1v) is 4.76. The van der Waals surface area contributed by atoms with Gasteiger partial charge in [-0.25, -0.2) is 5.43 Å². The Bertz CT molecular complexity index is 568. The number of benzene rings is 1. The highest BCUT2D eigenvalue weighted by molar-refractivity contribution is 5.98. The predicted octanol–water partition coefficient (Wildman–Crippen LogP) is 1.17. The number of nitrogens with zero attached hydrogens (tertiary/aromatic N) is 1. The number of amides is 1. The second-order valence-corrected chi connectivity index (χ2v) is 3.53. The Labute approximate surface area is 86.0 Å². The molecule has 1 aliphatic rings. The van der Waals surface area contributed by atoms with Gasteiger partial charge in [0.05, 0.1) is 18.3 Å². The highest BCUT2D eigenvalue weighted by Crippen LogP contribution is 2.22. The molecule has 2 N–H and O–H groups in total. The lowest BCUT2D eigenvalue weighted by molar-refractivity contribution is -0.120. The summed E-state index contributed by atoms with van der Waals surface area (Å²) in [6.45, 7) is 0. The third-order valence-corrected chi connectivity index (χ3v) is 2.57. The number of carbonyl (C=O) groups is 1. The maximum absolute atomic E-state index is 11.3. The van der Waals surface area contributed by atoms with Crippen LogP contribution in [0.5, 0.6) is 0 Å². The van der Waals surface area contributed by atoms with Crippen LogP contribution in [0.3, 0.4) is 0 Å². The maximum atomic E-state index is 11.3. The first-order valence-electron chi connectivity index (χ1n) is 4.76. The number of hydrazone groups is 1. The van der Waals surface area contributed by atoms with Gasteiger partial charge in [-0.2, -0.15) is 5.10 Å². The Morgan fingerprint density at radius 1 is 1.27 bits per heavy atom. The van der Waals surface area contributed by atoms with Crippen molar-refractivity contribution in [2.24, 2.45) is 5.10 Å². The van der Waals surface area contributed by atoms with Crippen molar-refractivity contribution in [1.82, 2.24) is 10.4 Å². The van der Waals surface area contributed by atoms with Crippen LogP contribution in [0.25, 0.3) is 10.9 Å². The zero-order valence-corrected chi connectivity index (χ0v) is 7.95. The minimum absolute atomic E-state index is 0.0743. The summed E-state index contributed by atoms with van der Waals surface area (Å²) >= 11 is 0. The molecular formula is C11H9N3O. The summed E-state index contributed by atoms with van der Waals surface area (Å²) < 4.78 is 0.